The summed E-state index contributed by atoms with van der Waals surface area (Å²) in [6, 6.07) is 0.00648. The van der Waals surface area contributed by atoms with E-state index in [0.717, 1.165) is 13.0 Å². The normalized spacial score (nSPS) is 24.8. The van der Waals surface area contributed by atoms with Crippen molar-refractivity contribution in [3.8, 4) is 0 Å². The molecule has 1 aliphatic heterocycles. The molecule has 2 fully saturated rings. The molecule has 0 aromatic heterocycles. The summed E-state index contributed by atoms with van der Waals surface area (Å²) in [6.45, 7) is 7.78. The Hall–Kier alpha value is -0.620. The van der Waals surface area contributed by atoms with Gasteiger partial charge in [-0.2, -0.15) is 4.31 Å². The Balaban J connectivity index is 2.14. The summed E-state index contributed by atoms with van der Waals surface area (Å²) in [5.74, 6) is 1.22. The maximum Gasteiger partial charge on any atom is 0.224 e. The minimum absolute atomic E-state index is 0.00648. The quantitative estimate of drug-likeness (QED) is 0.718. The van der Waals surface area contributed by atoms with Crippen LogP contribution in [0.4, 0.5) is 0 Å². The first-order chi connectivity index (χ1) is 10.3. The highest BCUT2D eigenvalue weighted by atomic mass is 32.2. The Morgan fingerprint density at radius 3 is 2.50 bits per heavy atom. The number of hydrogen-bond donors (Lipinski definition) is 0. The molecule has 0 unspecified atom stereocenters. The molecule has 22 heavy (non-hydrogen) atoms. The summed E-state index contributed by atoms with van der Waals surface area (Å²) in [7, 11) is -3.24. The SMILES string of the molecule is CCCCS(=O)(=O)N1CCC(=O)N(CC2CC2)[C@@H](C(C)C)C1. The van der Waals surface area contributed by atoms with Crippen LogP contribution in [-0.4, -0.2) is 55.0 Å². The largest absolute Gasteiger partial charge is 0.338 e. The van der Waals surface area contributed by atoms with E-state index in [2.05, 4.69) is 13.8 Å². The molecule has 128 valence electrons. The third kappa shape index (κ3) is 4.44. The lowest BCUT2D eigenvalue weighted by molar-refractivity contribution is -0.133. The highest BCUT2D eigenvalue weighted by molar-refractivity contribution is 7.89. The maximum absolute atomic E-state index is 12.5. The summed E-state index contributed by atoms with van der Waals surface area (Å²) in [5.41, 5.74) is 0. The number of hydrogen-bond acceptors (Lipinski definition) is 3. The van der Waals surface area contributed by atoms with E-state index in [-0.39, 0.29) is 23.6 Å². The molecule has 0 aromatic carbocycles. The van der Waals surface area contributed by atoms with E-state index in [1.54, 1.807) is 4.31 Å². The Morgan fingerprint density at radius 1 is 1.27 bits per heavy atom. The average molecular weight is 330 g/mol. The van der Waals surface area contributed by atoms with Crippen LogP contribution >= 0.6 is 0 Å². The van der Waals surface area contributed by atoms with Crippen LogP contribution in [0.5, 0.6) is 0 Å². The molecule has 6 heteroatoms. The standard InChI is InChI=1S/C16H30N2O3S/c1-4-5-10-22(20,21)17-9-8-16(19)18(11-14-6-7-14)15(12-17)13(2)3/h13-15H,4-12H2,1-3H3/t15-/m1/s1. The van der Waals surface area contributed by atoms with Crippen LogP contribution in [0.1, 0.15) is 52.9 Å². The molecule has 1 aliphatic carbocycles. The van der Waals surface area contributed by atoms with Gasteiger partial charge in [0.25, 0.3) is 0 Å². The molecule has 2 rings (SSSR count). The van der Waals surface area contributed by atoms with Gasteiger partial charge in [0.1, 0.15) is 0 Å². The van der Waals surface area contributed by atoms with E-state index in [0.29, 0.717) is 31.8 Å². The monoisotopic (exact) mass is 330 g/mol. The van der Waals surface area contributed by atoms with Crippen molar-refractivity contribution >= 4 is 15.9 Å². The molecule has 0 N–H and O–H groups in total. The van der Waals surface area contributed by atoms with Gasteiger partial charge >= 0.3 is 0 Å². The zero-order valence-corrected chi connectivity index (χ0v) is 14.9. The van der Waals surface area contributed by atoms with Crippen LogP contribution in [0.15, 0.2) is 0 Å². The Labute approximate surface area is 135 Å². The van der Waals surface area contributed by atoms with Crippen LogP contribution in [0, 0.1) is 11.8 Å². The molecule has 2 aliphatic rings. The van der Waals surface area contributed by atoms with Gasteiger partial charge in [-0.05, 0) is 31.1 Å². The molecular weight excluding hydrogens is 300 g/mol. The second kappa shape index (κ2) is 7.30. The molecule has 1 heterocycles. The molecule has 0 aromatic rings. The zero-order chi connectivity index (χ0) is 16.3. The van der Waals surface area contributed by atoms with Crippen LogP contribution in [0.25, 0.3) is 0 Å². The van der Waals surface area contributed by atoms with Gasteiger partial charge in [-0.3, -0.25) is 4.79 Å². The zero-order valence-electron chi connectivity index (χ0n) is 14.1. The number of carbonyl (C=O) groups is 1. The van der Waals surface area contributed by atoms with Crippen LogP contribution in [-0.2, 0) is 14.8 Å². The van der Waals surface area contributed by atoms with Crippen molar-refractivity contribution in [2.75, 3.05) is 25.4 Å². The van der Waals surface area contributed by atoms with E-state index >= 15 is 0 Å². The lowest BCUT2D eigenvalue weighted by Gasteiger charge is -2.34. The molecular formula is C16H30N2O3S. The number of unbranched alkanes of at least 4 members (excludes halogenated alkanes) is 1. The summed E-state index contributed by atoms with van der Waals surface area (Å²) in [5, 5.41) is 0. The fourth-order valence-electron chi connectivity index (χ4n) is 3.04. The molecule has 1 saturated heterocycles. The lowest BCUT2D eigenvalue weighted by atomic mass is 10.0. The minimum atomic E-state index is -3.24. The van der Waals surface area contributed by atoms with Gasteiger partial charge in [0.2, 0.25) is 15.9 Å². The summed E-state index contributed by atoms with van der Waals surface area (Å²) < 4.78 is 26.6. The van der Waals surface area contributed by atoms with Crippen molar-refractivity contribution in [3.05, 3.63) is 0 Å². The van der Waals surface area contributed by atoms with E-state index in [1.807, 2.05) is 11.8 Å². The average Bonchev–Trinajstić information content (AvgIpc) is 3.27. The number of carbonyl (C=O) groups excluding carboxylic acids is 1. The van der Waals surface area contributed by atoms with Crippen LogP contribution in [0.3, 0.4) is 0 Å². The highest BCUT2D eigenvalue weighted by Gasteiger charge is 2.38. The van der Waals surface area contributed by atoms with Gasteiger partial charge in [-0.15, -0.1) is 0 Å². The summed E-state index contributed by atoms with van der Waals surface area (Å²) in [4.78, 5) is 14.5. The van der Waals surface area contributed by atoms with Crippen molar-refractivity contribution in [2.24, 2.45) is 11.8 Å². The number of nitrogens with zero attached hydrogens (tertiary/aromatic N) is 2. The molecule has 0 bridgehead atoms. The second-order valence-electron chi connectivity index (χ2n) is 7.08. The van der Waals surface area contributed by atoms with E-state index in [1.165, 1.54) is 12.8 Å². The minimum Gasteiger partial charge on any atom is -0.338 e. The first-order valence-electron chi connectivity index (χ1n) is 8.62. The topological polar surface area (TPSA) is 57.7 Å². The first-order valence-corrected chi connectivity index (χ1v) is 10.2. The van der Waals surface area contributed by atoms with E-state index in [4.69, 9.17) is 0 Å². The van der Waals surface area contributed by atoms with Gasteiger partial charge in [0.15, 0.2) is 0 Å². The number of amides is 1. The predicted molar refractivity (Wildman–Crippen MR) is 87.9 cm³/mol. The van der Waals surface area contributed by atoms with Crippen molar-refractivity contribution in [3.63, 3.8) is 0 Å². The van der Waals surface area contributed by atoms with Crippen molar-refractivity contribution in [1.82, 2.24) is 9.21 Å². The Kier molecular flexibility index (Phi) is 5.88. The van der Waals surface area contributed by atoms with Crippen molar-refractivity contribution in [1.29, 1.82) is 0 Å². The van der Waals surface area contributed by atoms with Gasteiger partial charge in [-0.1, -0.05) is 27.2 Å². The van der Waals surface area contributed by atoms with Crippen LogP contribution < -0.4 is 0 Å². The van der Waals surface area contributed by atoms with E-state index in [9.17, 15) is 13.2 Å². The van der Waals surface area contributed by atoms with Gasteiger partial charge in [-0.25, -0.2) is 8.42 Å². The predicted octanol–water partition coefficient (Wildman–Crippen LogP) is 2.09. The molecule has 1 amide bonds. The third-order valence-corrected chi connectivity index (χ3v) is 6.68. The van der Waals surface area contributed by atoms with Gasteiger partial charge < -0.3 is 4.90 Å². The van der Waals surface area contributed by atoms with Gasteiger partial charge in [0.05, 0.1) is 5.75 Å². The summed E-state index contributed by atoms with van der Waals surface area (Å²) >= 11 is 0. The smallest absolute Gasteiger partial charge is 0.224 e. The first kappa shape index (κ1) is 17.7. The van der Waals surface area contributed by atoms with Crippen molar-refractivity contribution in [2.45, 2.75) is 58.9 Å². The Bertz CT molecular complexity index is 486. The molecule has 1 atom stereocenters. The molecule has 5 nitrogen and oxygen atoms in total. The third-order valence-electron chi connectivity index (χ3n) is 4.76. The summed E-state index contributed by atoms with van der Waals surface area (Å²) in [6.07, 6.45) is 4.28. The lowest BCUT2D eigenvalue weighted by Crippen LogP contribution is -2.48. The second-order valence-corrected chi connectivity index (χ2v) is 9.17. The Morgan fingerprint density at radius 2 is 1.95 bits per heavy atom. The fraction of sp³-hybridized carbons (Fsp3) is 0.938. The van der Waals surface area contributed by atoms with Gasteiger partial charge in [0, 0.05) is 32.1 Å². The van der Waals surface area contributed by atoms with Crippen molar-refractivity contribution < 1.29 is 13.2 Å². The molecule has 0 radical (unpaired) electrons. The highest BCUT2D eigenvalue weighted by Crippen LogP contribution is 2.32. The number of sulfonamides is 1. The molecule has 0 spiro atoms. The maximum atomic E-state index is 12.5. The fourth-order valence-corrected chi connectivity index (χ4v) is 4.70. The van der Waals surface area contributed by atoms with Crippen LogP contribution in [0.2, 0.25) is 0 Å². The van der Waals surface area contributed by atoms with E-state index < -0.39 is 10.0 Å². The number of rotatable bonds is 7. The molecule has 1 saturated carbocycles.